The van der Waals surface area contributed by atoms with Crippen molar-refractivity contribution in [3.63, 3.8) is 0 Å². The molecule has 1 aromatic heterocycles. The second kappa shape index (κ2) is 4.59. The largest absolute Gasteiger partial charge is 0.289 e. The number of nitrogens with zero attached hydrogens (tertiary/aromatic N) is 2. The minimum Gasteiger partial charge on any atom is -0.289 e. The molecule has 0 saturated heterocycles. The molecule has 1 fully saturated rings. The highest BCUT2D eigenvalue weighted by molar-refractivity contribution is 6.20. The first kappa shape index (κ1) is 13.6. The van der Waals surface area contributed by atoms with Crippen LogP contribution in [0.15, 0.2) is 29.1 Å². The number of aromatic nitrogens is 2. The van der Waals surface area contributed by atoms with Crippen LogP contribution in [0.5, 0.6) is 0 Å². The van der Waals surface area contributed by atoms with E-state index >= 15 is 0 Å². The quantitative estimate of drug-likeness (QED) is 0.805. The van der Waals surface area contributed by atoms with Gasteiger partial charge in [0.1, 0.15) is 5.82 Å². The first-order valence-electron chi connectivity index (χ1n) is 7.09. The zero-order chi connectivity index (χ0) is 14.5. The van der Waals surface area contributed by atoms with Crippen molar-refractivity contribution in [3.05, 3.63) is 40.4 Å². The van der Waals surface area contributed by atoms with Gasteiger partial charge in [0.15, 0.2) is 0 Å². The van der Waals surface area contributed by atoms with Gasteiger partial charge in [0, 0.05) is 5.54 Å². The Labute approximate surface area is 123 Å². The minimum atomic E-state index is -0.287. The molecular formula is C16H19ClN2O. The maximum absolute atomic E-state index is 12.9. The first-order valence-corrected chi connectivity index (χ1v) is 7.53. The summed E-state index contributed by atoms with van der Waals surface area (Å²) >= 11 is 6.29. The molecule has 1 atom stereocenters. The molecular weight excluding hydrogens is 272 g/mol. The van der Waals surface area contributed by atoms with Gasteiger partial charge in [0.2, 0.25) is 0 Å². The molecule has 0 amide bonds. The Morgan fingerprint density at radius 1 is 1.35 bits per heavy atom. The van der Waals surface area contributed by atoms with Crippen LogP contribution in [0.2, 0.25) is 0 Å². The number of fused-ring (bicyclic) bond motifs is 1. The molecule has 0 spiro atoms. The summed E-state index contributed by atoms with van der Waals surface area (Å²) < 4.78 is 1.82. The van der Waals surface area contributed by atoms with Crippen LogP contribution in [0.25, 0.3) is 10.9 Å². The van der Waals surface area contributed by atoms with Gasteiger partial charge < -0.3 is 0 Å². The lowest BCUT2D eigenvalue weighted by Crippen LogP contribution is -2.41. The van der Waals surface area contributed by atoms with E-state index in [9.17, 15) is 4.79 Å². The topological polar surface area (TPSA) is 34.9 Å². The predicted molar refractivity (Wildman–Crippen MR) is 82.3 cm³/mol. The van der Waals surface area contributed by atoms with E-state index in [4.69, 9.17) is 11.6 Å². The Morgan fingerprint density at radius 2 is 2.00 bits per heavy atom. The Morgan fingerprint density at radius 3 is 2.60 bits per heavy atom. The van der Waals surface area contributed by atoms with Crippen LogP contribution < -0.4 is 5.56 Å². The van der Waals surface area contributed by atoms with Gasteiger partial charge in [0.25, 0.3) is 5.56 Å². The van der Waals surface area contributed by atoms with Crippen molar-refractivity contribution in [2.24, 2.45) is 5.92 Å². The summed E-state index contributed by atoms with van der Waals surface area (Å²) in [4.78, 5) is 17.5. The standard InChI is InChI=1S/C16H19ClN2O/c1-10(17)14-18-13-7-5-4-6-12(13)15(20)19(14)16(2,3)11-8-9-11/h4-7,10-11H,8-9H2,1-3H3. The summed E-state index contributed by atoms with van der Waals surface area (Å²) in [6.07, 6.45) is 2.34. The fraction of sp³-hybridized carbons (Fsp3) is 0.500. The monoisotopic (exact) mass is 290 g/mol. The number of halogens is 1. The highest BCUT2D eigenvalue weighted by Crippen LogP contribution is 2.44. The van der Waals surface area contributed by atoms with E-state index in [-0.39, 0.29) is 16.5 Å². The number of alkyl halides is 1. The molecule has 1 aromatic carbocycles. The van der Waals surface area contributed by atoms with Crippen molar-refractivity contribution in [1.82, 2.24) is 9.55 Å². The van der Waals surface area contributed by atoms with Gasteiger partial charge >= 0.3 is 0 Å². The average molecular weight is 291 g/mol. The molecule has 1 aliphatic rings. The van der Waals surface area contributed by atoms with Gasteiger partial charge in [-0.1, -0.05) is 12.1 Å². The van der Waals surface area contributed by atoms with Crippen molar-refractivity contribution in [2.45, 2.75) is 44.5 Å². The van der Waals surface area contributed by atoms with Crippen LogP contribution in [-0.4, -0.2) is 9.55 Å². The Balaban J connectivity index is 2.36. The number of hydrogen-bond donors (Lipinski definition) is 0. The van der Waals surface area contributed by atoms with Crippen LogP contribution in [0.3, 0.4) is 0 Å². The molecule has 0 aliphatic heterocycles. The van der Waals surface area contributed by atoms with Gasteiger partial charge in [-0.2, -0.15) is 0 Å². The van der Waals surface area contributed by atoms with Crippen LogP contribution in [0.4, 0.5) is 0 Å². The highest BCUT2D eigenvalue weighted by atomic mass is 35.5. The van der Waals surface area contributed by atoms with E-state index in [2.05, 4.69) is 18.8 Å². The Kier molecular flexibility index (Phi) is 3.13. The maximum atomic E-state index is 12.9. The minimum absolute atomic E-state index is 0.0231. The van der Waals surface area contributed by atoms with Crippen LogP contribution >= 0.6 is 11.6 Å². The summed E-state index contributed by atoms with van der Waals surface area (Å²) in [7, 11) is 0. The summed E-state index contributed by atoms with van der Waals surface area (Å²) in [5.41, 5.74) is 0.518. The zero-order valence-corrected chi connectivity index (χ0v) is 12.8. The van der Waals surface area contributed by atoms with Crippen molar-refractivity contribution >= 4 is 22.5 Å². The first-order chi connectivity index (χ1) is 9.43. The molecule has 106 valence electrons. The van der Waals surface area contributed by atoms with Crippen molar-refractivity contribution in [3.8, 4) is 0 Å². The van der Waals surface area contributed by atoms with E-state index in [1.165, 1.54) is 12.8 Å². The SMILES string of the molecule is CC(Cl)c1nc2ccccc2c(=O)n1C(C)(C)C1CC1. The summed E-state index contributed by atoms with van der Waals surface area (Å²) in [5, 5.41) is 0.382. The van der Waals surface area contributed by atoms with E-state index in [0.29, 0.717) is 17.1 Å². The molecule has 1 saturated carbocycles. The third-order valence-corrected chi connectivity index (χ3v) is 4.51. The van der Waals surface area contributed by atoms with E-state index < -0.39 is 0 Å². The summed E-state index contributed by atoms with van der Waals surface area (Å²) in [5.74, 6) is 1.21. The van der Waals surface area contributed by atoms with E-state index in [1.807, 2.05) is 35.8 Å². The van der Waals surface area contributed by atoms with Gasteiger partial charge in [-0.05, 0) is 51.7 Å². The number of rotatable bonds is 3. The van der Waals surface area contributed by atoms with Crippen molar-refractivity contribution in [1.29, 1.82) is 0 Å². The second-order valence-electron chi connectivity index (χ2n) is 6.17. The number of para-hydroxylation sites is 1. The normalized spacial score (nSPS) is 17.4. The lowest BCUT2D eigenvalue weighted by molar-refractivity contribution is 0.283. The molecule has 0 N–H and O–H groups in total. The average Bonchev–Trinajstić information content (AvgIpc) is 3.22. The molecule has 1 unspecified atom stereocenters. The molecule has 1 aliphatic carbocycles. The van der Waals surface area contributed by atoms with Gasteiger partial charge in [-0.25, -0.2) is 4.98 Å². The lowest BCUT2D eigenvalue weighted by Gasteiger charge is -2.31. The van der Waals surface area contributed by atoms with Gasteiger partial charge in [0.05, 0.1) is 16.3 Å². The van der Waals surface area contributed by atoms with Gasteiger partial charge in [-0.15, -0.1) is 11.6 Å². The lowest BCUT2D eigenvalue weighted by atomic mass is 9.97. The zero-order valence-electron chi connectivity index (χ0n) is 12.1. The molecule has 20 heavy (non-hydrogen) atoms. The fourth-order valence-corrected chi connectivity index (χ4v) is 3.09. The molecule has 4 heteroatoms. The summed E-state index contributed by atoms with van der Waals surface area (Å²) in [6.45, 7) is 6.11. The third kappa shape index (κ3) is 2.05. The molecule has 1 heterocycles. The number of hydrogen-bond acceptors (Lipinski definition) is 2. The molecule has 3 rings (SSSR count). The third-order valence-electron chi connectivity index (χ3n) is 4.31. The number of benzene rings is 1. The van der Waals surface area contributed by atoms with Crippen LogP contribution in [0.1, 0.15) is 44.8 Å². The van der Waals surface area contributed by atoms with Crippen molar-refractivity contribution in [2.75, 3.05) is 0 Å². The van der Waals surface area contributed by atoms with Crippen LogP contribution in [-0.2, 0) is 5.54 Å². The smallest absolute Gasteiger partial charge is 0.261 e. The fourth-order valence-electron chi connectivity index (χ4n) is 2.95. The molecule has 0 bridgehead atoms. The highest BCUT2D eigenvalue weighted by Gasteiger charge is 2.41. The van der Waals surface area contributed by atoms with Crippen LogP contribution in [0, 0.1) is 5.92 Å². The van der Waals surface area contributed by atoms with E-state index in [1.54, 1.807) is 0 Å². The Bertz CT molecular complexity index is 714. The van der Waals surface area contributed by atoms with E-state index in [0.717, 1.165) is 5.52 Å². The Hall–Kier alpha value is -1.35. The van der Waals surface area contributed by atoms with Gasteiger partial charge in [-0.3, -0.25) is 9.36 Å². The predicted octanol–water partition coefficient (Wildman–Crippen LogP) is 3.84. The molecule has 3 nitrogen and oxygen atoms in total. The molecule has 2 aromatic rings. The molecule has 0 radical (unpaired) electrons. The second-order valence-corrected chi connectivity index (χ2v) is 6.83. The summed E-state index contributed by atoms with van der Waals surface area (Å²) in [6, 6.07) is 7.48. The van der Waals surface area contributed by atoms with Crippen molar-refractivity contribution < 1.29 is 0 Å². The maximum Gasteiger partial charge on any atom is 0.261 e.